The number of hydrogen-bond donors (Lipinski definition) is 1. The van der Waals surface area contributed by atoms with Gasteiger partial charge in [0.15, 0.2) is 0 Å². The molecule has 0 heterocycles. The van der Waals surface area contributed by atoms with E-state index in [1.54, 1.807) is 43.3 Å². The first-order valence-corrected chi connectivity index (χ1v) is 13.6. The van der Waals surface area contributed by atoms with Gasteiger partial charge in [-0.3, -0.25) is 9.10 Å². The number of rotatable bonds is 13. The number of benzene rings is 3. The van der Waals surface area contributed by atoms with Crippen LogP contribution in [0.2, 0.25) is 0 Å². The van der Waals surface area contributed by atoms with Gasteiger partial charge in [0.05, 0.1) is 30.0 Å². The van der Waals surface area contributed by atoms with Crippen LogP contribution in [-0.2, 0) is 14.8 Å². The van der Waals surface area contributed by atoms with E-state index in [2.05, 4.69) is 17.5 Å². The quantitative estimate of drug-likeness (QED) is 0.195. The number of nitrogens with one attached hydrogen (secondary N) is 1. The Morgan fingerprint density at radius 2 is 1.68 bits per heavy atom. The second-order valence-corrected chi connectivity index (χ2v) is 10.2. The maximum Gasteiger partial charge on any atom is 0.264 e. The maximum absolute atomic E-state index is 13.6. The van der Waals surface area contributed by atoms with Gasteiger partial charge in [-0.15, -0.1) is 0 Å². The summed E-state index contributed by atoms with van der Waals surface area (Å²) in [4.78, 5) is 12.9. The van der Waals surface area contributed by atoms with E-state index in [-0.39, 0.29) is 10.6 Å². The smallest absolute Gasteiger partial charge is 0.264 e. The number of unbranched alkanes of at least 4 members (excludes halogenated alkanes) is 1. The molecule has 0 fully saturated rings. The van der Waals surface area contributed by atoms with Crippen LogP contribution in [-0.4, -0.2) is 40.3 Å². The summed E-state index contributed by atoms with van der Waals surface area (Å²) < 4.78 is 39.5. The van der Waals surface area contributed by atoms with E-state index in [9.17, 15) is 13.2 Å². The molecule has 3 aromatic carbocycles. The van der Waals surface area contributed by atoms with Crippen molar-refractivity contribution < 1.29 is 22.7 Å². The fourth-order valence-corrected chi connectivity index (χ4v) is 4.84. The molecule has 0 radical (unpaired) electrons. The van der Waals surface area contributed by atoms with E-state index in [4.69, 9.17) is 9.47 Å². The van der Waals surface area contributed by atoms with Crippen molar-refractivity contribution in [2.45, 2.75) is 38.5 Å². The highest BCUT2D eigenvalue weighted by molar-refractivity contribution is 7.92. The Balaban J connectivity index is 1.77. The number of anilines is 1. The number of sulfonamides is 1. The Hall–Kier alpha value is -3.85. The summed E-state index contributed by atoms with van der Waals surface area (Å²) in [5.74, 6) is 0.524. The van der Waals surface area contributed by atoms with Crippen LogP contribution in [0.15, 0.2) is 82.8 Å². The monoisotopic (exact) mass is 523 g/mol. The molecule has 0 aliphatic rings. The highest BCUT2D eigenvalue weighted by atomic mass is 32.2. The van der Waals surface area contributed by atoms with Crippen molar-refractivity contribution in [3.05, 3.63) is 83.9 Å². The van der Waals surface area contributed by atoms with Crippen LogP contribution in [0.1, 0.15) is 37.8 Å². The second-order valence-electron chi connectivity index (χ2n) is 8.29. The molecular formula is C28H33N3O5S. The van der Waals surface area contributed by atoms with Gasteiger partial charge < -0.3 is 9.47 Å². The molecule has 0 aromatic heterocycles. The van der Waals surface area contributed by atoms with Crippen molar-refractivity contribution in [3.8, 4) is 11.5 Å². The SMILES string of the molecule is CCCCOc1ccc(/C=N\NC(=O)CN(c2ccccc2OCC)S(=O)(=O)c2ccc(C)cc2)cc1. The summed E-state index contributed by atoms with van der Waals surface area (Å²) in [5.41, 5.74) is 4.37. The summed E-state index contributed by atoms with van der Waals surface area (Å²) in [6.07, 6.45) is 3.53. The van der Waals surface area contributed by atoms with E-state index in [0.717, 1.165) is 34.0 Å². The van der Waals surface area contributed by atoms with E-state index < -0.39 is 22.5 Å². The summed E-state index contributed by atoms with van der Waals surface area (Å²) in [6.45, 7) is 6.30. The van der Waals surface area contributed by atoms with Gasteiger partial charge in [0.2, 0.25) is 0 Å². The number of carbonyl (C=O) groups is 1. The first-order chi connectivity index (χ1) is 17.8. The predicted molar refractivity (Wildman–Crippen MR) is 146 cm³/mol. The van der Waals surface area contributed by atoms with Gasteiger partial charge in [0.1, 0.15) is 18.0 Å². The number of hydrogen-bond acceptors (Lipinski definition) is 6. The Morgan fingerprint density at radius 1 is 0.973 bits per heavy atom. The molecule has 196 valence electrons. The molecule has 0 aliphatic heterocycles. The fourth-order valence-electron chi connectivity index (χ4n) is 3.41. The van der Waals surface area contributed by atoms with E-state index in [0.29, 0.717) is 19.0 Å². The molecule has 0 spiro atoms. The Labute approximate surface area is 219 Å². The van der Waals surface area contributed by atoms with Crippen LogP contribution < -0.4 is 19.2 Å². The molecule has 37 heavy (non-hydrogen) atoms. The van der Waals surface area contributed by atoms with Gasteiger partial charge in [-0.05, 0) is 74.4 Å². The van der Waals surface area contributed by atoms with Crippen LogP contribution in [0.3, 0.4) is 0 Å². The van der Waals surface area contributed by atoms with E-state index >= 15 is 0 Å². The van der Waals surface area contributed by atoms with Crippen LogP contribution >= 0.6 is 0 Å². The van der Waals surface area contributed by atoms with Gasteiger partial charge in [0.25, 0.3) is 15.9 Å². The van der Waals surface area contributed by atoms with Crippen LogP contribution in [0.5, 0.6) is 11.5 Å². The summed E-state index contributed by atoms with van der Waals surface area (Å²) in [6, 6.07) is 20.5. The third-order valence-electron chi connectivity index (χ3n) is 5.38. The highest BCUT2D eigenvalue weighted by Gasteiger charge is 2.29. The first kappa shape index (κ1) is 27.7. The van der Waals surface area contributed by atoms with Gasteiger partial charge in [-0.2, -0.15) is 5.10 Å². The summed E-state index contributed by atoms with van der Waals surface area (Å²) >= 11 is 0. The Bertz CT molecular complexity index is 1290. The molecule has 0 unspecified atom stereocenters. The molecule has 0 saturated heterocycles. The third kappa shape index (κ3) is 7.82. The van der Waals surface area contributed by atoms with E-state index in [1.807, 2.05) is 31.2 Å². The zero-order chi connectivity index (χ0) is 26.7. The molecule has 3 rings (SSSR count). The predicted octanol–water partition coefficient (Wildman–Crippen LogP) is 4.92. The van der Waals surface area contributed by atoms with Crippen molar-refractivity contribution in [1.82, 2.24) is 5.43 Å². The van der Waals surface area contributed by atoms with Gasteiger partial charge in [0, 0.05) is 0 Å². The maximum atomic E-state index is 13.6. The molecule has 0 atom stereocenters. The van der Waals surface area contributed by atoms with Crippen molar-refractivity contribution in [2.24, 2.45) is 5.10 Å². The molecule has 1 N–H and O–H groups in total. The van der Waals surface area contributed by atoms with Crippen molar-refractivity contribution in [3.63, 3.8) is 0 Å². The average molecular weight is 524 g/mol. The first-order valence-electron chi connectivity index (χ1n) is 12.2. The average Bonchev–Trinajstić information content (AvgIpc) is 2.89. The number of aryl methyl sites for hydroxylation is 1. The second kappa shape index (κ2) is 13.5. The zero-order valence-corrected chi connectivity index (χ0v) is 22.2. The number of ether oxygens (including phenoxy) is 2. The minimum Gasteiger partial charge on any atom is -0.494 e. The molecule has 8 nitrogen and oxygen atoms in total. The van der Waals surface area contributed by atoms with E-state index in [1.165, 1.54) is 18.3 Å². The van der Waals surface area contributed by atoms with Crippen LogP contribution in [0.4, 0.5) is 5.69 Å². The Kier molecular flexibility index (Phi) is 10.1. The number of amides is 1. The lowest BCUT2D eigenvalue weighted by Crippen LogP contribution is -2.39. The van der Waals surface area contributed by atoms with Crippen LogP contribution in [0, 0.1) is 6.92 Å². The number of hydrazone groups is 1. The molecule has 0 bridgehead atoms. The van der Waals surface area contributed by atoms with Gasteiger partial charge >= 0.3 is 0 Å². The lowest BCUT2D eigenvalue weighted by atomic mass is 10.2. The highest BCUT2D eigenvalue weighted by Crippen LogP contribution is 2.32. The molecule has 0 saturated carbocycles. The van der Waals surface area contributed by atoms with Crippen molar-refractivity contribution >= 4 is 27.8 Å². The van der Waals surface area contributed by atoms with Gasteiger partial charge in [-0.1, -0.05) is 43.2 Å². The minimum absolute atomic E-state index is 0.0712. The molecule has 9 heteroatoms. The van der Waals surface area contributed by atoms with Crippen LogP contribution in [0.25, 0.3) is 0 Å². The van der Waals surface area contributed by atoms with Crippen molar-refractivity contribution in [2.75, 3.05) is 24.1 Å². The topological polar surface area (TPSA) is 97.3 Å². The van der Waals surface area contributed by atoms with Gasteiger partial charge in [-0.25, -0.2) is 13.8 Å². The molecule has 1 amide bonds. The number of carbonyl (C=O) groups excluding carboxylic acids is 1. The zero-order valence-electron chi connectivity index (χ0n) is 21.4. The van der Waals surface area contributed by atoms with Crippen molar-refractivity contribution in [1.29, 1.82) is 0 Å². The summed E-state index contributed by atoms with van der Waals surface area (Å²) in [5, 5.41) is 4.00. The normalized spacial score (nSPS) is 11.3. The Morgan fingerprint density at radius 3 is 2.35 bits per heavy atom. The lowest BCUT2D eigenvalue weighted by molar-refractivity contribution is -0.119. The molecular weight excluding hydrogens is 490 g/mol. The minimum atomic E-state index is -4.07. The number of para-hydroxylation sites is 2. The third-order valence-corrected chi connectivity index (χ3v) is 7.15. The summed E-state index contributed by atoms with van der Waals surface area (Å²) in [7, 11) is -4.07. The molecule has 3 aromatic rings. The standard InChI is InChI=1S/C28H33N3O5S/c1-4-6-19-36-24-15-13-23(14-16-24)20-29-30-28(32)21-31(26-9-7-8-10-27(26)35-5-2)37(33,34)25-17-11-22(3)12-18-25/h7-18,20H,4-6,19,21H2,1-3H3,(H,30,32)/b29-20-. The number of nitrogens with zero attached hydrogens (tertiary/aromatic N) is 2. The largest absolute Gasteiger partial charge is 0.494 e. The molecule has 0 aliphatic carbocycles. The lowest BCUT2D eigenvalue weighted by Gasteiger charge is -2.25. The fraction of sp³-hybridized carbons (Fsp3) is 0.286.